The minimum atomic E-state index is -0.0352. The first-order valence-electron chi connectivity index (χ1n) is 5.27. The smallest absolute Gasteiger partial charge is 0.255 e. The van der Waals surface area contributed by atoms with Crippen molar-refractivity contribution in [2.45, 2.75) is 23.8 Å². The van der Waals surface area contributed by atoms with Gasteiger partial charge in [-0.15, -0.1) is 11.8 Å². The zero-order valence-corrected chi connectivity index (χ0v) is 10.3. The molecule has 4 heteroatoms. The van der Waals surface area contributed by atoms with Gasteiger partial charge in [-0.25, -0.2) is 0 Å². The highest BCUT2D eigenvalue weighted by Crippen LogP contribution is 2.26. The molecule has 1 aliphatic rings. The van der Waals surface area contributed by atoms with Crippen LogP contribution in [0.3, 0.4) is 0 Å². The van der Waals surface area contributed by atoms with E-state index in [-0.39, 0.29) is 5.91 Å². The van der Waals surface area contributed by atoms with Gasteiger partial charge >= 0.3 is 0 Å². The maximum Gasteiger partial charge on any atom is 0.255 e. The number of methoxy groups -OCH3 is 1. The Labute approximate surface area is 99.6 Å². The Morgan fingerprint density at radius 3 is 2.81 bits per heavy atom. The average Bonchev–Trinajstić information content (AvgIpc) is 3.11. The molecule has 1 fully saturated rings. The molecule has 1 N–H and O–H groups in total. The van der Waals surface area contributed by atoms with Gasteiger partial charge in [0.15, 0.2) is 0 Å². The van der Waals surface area contributed by atoms with E-state index in [1.807, 2.05) is 24.5 Å². The van der Waals surface area contributed by atoms with E-state index in [1.165, 1.54) is 0 Å². The number of rotatable bonds is 4. The molecule has 0 atom stereocenters. The molecule has 0 unspecified atom stereocenters. The zero-order valence-electron chi connectivity index (χ0n) is 9.45. The van der Waals surface area contributed by atoms with Gasteiger partial charge in [-0.1, -0.05) is 0 Å². The maximum absolute atomic E-state index is 11.9. The summed E-state index contributed by atoms with van der Waals surface area (Å²) in [5.74, 6) is 0.608. The summed E-state index contributed by atoms with van der Waals surface area (Å²) in [4.78, 5) is 13.0. The molecular formula is C12H15NO2S. The van der Waals surface area contributed by atoms with Crippen LogP contribution in [0.2, 0.25) is 0 Å². The molecular weight excluding hydrogens is 222 g/mol. The Hall–Kier alpha value is -1.16. The molecule has 16 heavy (non-hydrogen) atoms. The van der Waals surface area contributed by atoms with Crippen LogP contribution in [0.15, 0.2) is 23.1 Å². The summed E-state index contributed by atoms with van der Waals surface area (Å²) in [5.41, 5.74) is 0.618. The van der Waals surface area contributed by atoms with Crippen molar-refractivity contribution >= 4 is 17.7 Å². The van der Waals surface area contributed by atoms with E-state index >= 15 is 0 Å². The van der Waals surface area contributed by atoms with Crippen LogP contribution in [-0.2, 0) is 0 Å². The lowest BCUT2D eigenvalue weighted by molar-refractivity contribution is 0.0948. The number of thioether (sulfide) groups is 1. The number of nitrogens with one attached hydrogen (secondary N) is 1. The number of carbonyl (C=O) groups is 1. The van der Waals surface area contributed by atoms with E-state index in [1.54, 1.807) is 18.9 Å². The third-order valence-corrected chi connectivity index (χ3v) is 3.29. The fourth-order valence-electron chi connectivity index (χ4n) is 1.48. The van der Waals surface area contributed by atoms with Crippen molar-refractivity contribution in [2.24, 2.45) is 0 Å². The highest BCUT2D eigenvalue weighted by atomic mass is 32.2. The van der Waals surface area contributed by atoms with Crippen LogP contribution in [0.1, 0.15) is 23.2 Å². The second kappa shape index (κ2) is 4.78. The Morgan fingerprint density at radius 2 is 2.25 bits per heavy atom. The standard InChI is InChI=1S/C12H15NO2S/c1-15-11-7-9(16-2)5-6-10(11)12(14)13-8-3-4-8/h5-8H,3-4H2,1-2H3,(H,13,14). The third kappa shape index (κ3) is 2.50. The maximum atomic E-state index is 11.9. The number of ether oxygens (including phenoxy) is 1. The predicted molar refractivity (Wildman–Crippen MR) is 65.3 cm³/mol. The van der Waals surface area contributed by atoms with Crippen LogP contribution in [0.4, 0.5) is 0 Å². The molecule has 0 saturated heterocycles. The molecule has 1 aromatic rings. The molecule has 3 nitrogen and oxygen atoms in total. The number of carbonyl (C=O) groups excluding carboxylic acids is 1. The normalized spacial score (nSPS) is 14.6. The Bertz CT molecular complexity index is 402. The Morgan fingerprint density at radius 1 is 1.50 bits per heavy atom. The summed E-state index contributed by atoms with van der Waals surface area (Å²) in [6.07, 6.45) is 4.19. The van der Waals surface area contributed by atoms with Crippen molar-refractivity contribution in [3.63, 3.8) is 0 Å². The SMILES string of the molecule is COc1cc(SC)ccc1C(=O)NC1CC1. The third-order valence-electron chi connectivity index (χ3n) is 2.57. The van der Waals surface area contributed by atoms with Crippen molar-refractivity contribution in [2.75, 3.05) is 13.4 Å². The highest BCUT2D eigenvalue weighted by molar-refractivity contribution is 7.98. The van der Waals surface area contributed by atoms with Gasteiger partial charge < -0.3 is 10.1 Å². The molecule has 2 rings (SSSR count). The fourth-order valence-corrected chi connectivity index (χ4v) is 1.91. The van der Waals surface area contributed by atoms with E-state index in [9.17, 15) is 4.79 Å². The topological polar surface area (TPSA) is 38.3 Å². The van der Waals surface area contributed by atoms with Gasteiger partial charge in [0.1, 0.15) is 5.75 Å². The van der Waals surface area contributed by atoms with E-state index in [4.69, 9.17) is 4.74 Å². The summed E-state index contributed by atoms with van der Waals surface area (Å²) in [7, 11) is 1.59. The zero-order chi connectivity index (χ0) is 11.5. The second-order valence-corrected chi connectivity index (χ2v) is 4.69. The first kappa shape index (κ1) is 11.3. The molecule has 1 amide bonds. The van der Waals surface area contributed by atoms with Crippen LogP contribution in [-0.4, -0.2) is 25.3 Å². The minimum Gasteiger partial charge on any atom is -0.496 e. The van der Waals surface area contributed by atoms with Crippen molar-refractivity contribution in [1.29, 1.82) is 0 Å². The first-order chi connectivity index (χ1) is 7.74. The largest absolute Gasteiger partial charge is 0.496 e. The Balaban J connectivity index is 2.20. The molecule has 0 spiro atoms. The van der Waals surface area contributed by atoms with Gasteiger partial charge in [-0.05, 0) is 37.3 Å². The van der Waals surface area contributed by atoms with Gasteiger partial charge in [0.05, 0.1) is 12.7 Å². The van der Waals surface area contributed by atoms with Gasteiger partial charge in [0.2, 0.25) is 0 Å². The van der Waals surface area contributed by atoms with Crippen LogP contribution in [0.25, 0.3) is 0 Å². The summed E-state index contributed by atoms with van der Waals surface area (Å²) >= 11 is 1.63. The molecule has 1 aliphatic carbocycles. The number of benzene rings is 1. The lowest BCUT2D eigenvalue weighted by atomic mass is 10.2. The molecule has 0 radical (unpaired) electrons. The quantitative estimate of drug-likeness (QED) is 0.817. The minimum absolute atomic E-state index is 0.0352. The van der Waals surface area contributed by atoms with E-state index < -0.39 is 0 Å². The summed E-state index contributed by atoms with van der Waals surface area (Å²) in [5, 5.41) is 2.96. The molecule has 0 heterocycles. The first-order valence-corrected chi connectivity index (χ1v) is 6.50. The molecule has 1 aromatic carbocycles. The average molecular weight is 237 g/mol. The predicted octanol–water partition coefficient (Wildman–Crippen LogP) is 2.31. The van der Waals surface area contributed by atoms with Crippen LogP contribution in [0, 0.1) is 0 Å². The van der Waals surface area contributed by atoms with Gasteiger partial charge in [0.25, 0.3) is 5.91 Å². The van der Waals surface area contributed by atoms with Crippen molar-refractivity contribution in [1.82, 2.24) is 5.32 Å². The number of amides is 1. The van der Waals surface area contributed by atoms with Crippen molar-refractivity contribution in [3.8, 4) is 5.75 Å². The van der Waals surface area contributed by atoms with Crippen molar-refractivity contribution in [3.05, 3.63) is 23.8 Å². The fraction of sp³-hybridized carbons (Fsp3) is 0.417. The van der Waals surface area contributed by atoms with E-state index in [0.29, 0.717) is 17.4 Å². The van der Waals surface area contributed by atoms with Crippen molar-refractivity contribution < 1.29 is 9.53 Å². The lowest BCUT2D eigenvalue weighted by Crippen LogP contribution is -2.25. The van der Waals surface area contributed by atoms with Gasteiger partial charge in [-0.3, -0.25) is 4.79 Å². The summed E-state index contributed by atoms with van der Waals surface area (Å²) < 4.78 is 5.24. The second-order valence-electron chi connectivity index (χ2n) is 3.81. The monoisotopic (exact) mass is 237 g/mol. The Kier molecular flexibility index (Phi) is 3.39. The van der Waals surface area contributed by atoms with Crippen LogP contribution >= 0.6 is 11.8 Å². The van der Waals surface area contributed by atoms with Gasteiger partial charge in [-0.2, -0.15) is 0 Å². The van der Waals surface area contributed by atoms with Crippen LogP contribution in [0.5, 0.6) is 5.75 Å². The van der Waals surface area contributed by atoms with E-state index in [2.05, 4.69) is 5.32 Å². The number of hydrogen-bond acceptors (Lipinski definition) is 3. The molecule has 0 bridgehead atoms. The number of hydrogen-bond donors (Lipinski definition) is 1. The summed E-state index contributed by atoms with van der Waals surface area (Å²) in [6, 6.07) is 6.03. The molecule has 86 valence electrons. The van der Waals surface area contributed by atoms with Crippen LogP contribution < -0.4 is 10.1 Å². The molecule has 0 aliphatic heterocycles. The summed E-state index contributed by atoms with van der Waals surface area (Å²) in [6.45, 7) is 0. The molecule has 1 saturated carbocycles. The lowest BCUT2D eigenvalue weighted by Gasteiger charge is -2.09. The molecule has 0 aromatic heterocycles. The van der Waals surface area contributed by atoms with Gasteiger partial charge in [0, 0.05) is 10.9 Å². The highest BCUT2D eigenvalue weighted by Gasteiger charge is 2.25. The van der Waals surface area contributed by atoms with E-state index in [0.717, 1.165) is 17.7 Å².